The van der Waals surface area contributed by atoms with Crippen molar-refractivity contribution in [1.82, 2.24) is 9.55 Å². The van der Waals surface area contributed by atoms with Gasteiger partial charge >= 0.3 is 0 Å². The Bertz CT molecular complexity index is 1910. The summed E-state index contributed by atoms with van der Waals surface area (Å²) in [5.74, 6) is -1.63. The number of nitrogens with zero attached hydrogens (tertiary/aromatic N) is 3. The van der Waals surface area contributed by atoms with E-state index in [0.29, 0.717) is 33.5 Å². The van der Waals surface area contributed by atoms with Gasteiger partial charge in [-0.15, -0.1) is 0 Å². The lowest BCUT2D eigenvalue weighted by Crippen LogP contribution is -2.43. The summed E-state index contributed by atoms with van der Waals surface area (Å²) < 4.78 is 20.8. The van der Waals surface area contributed by atoms with Crippen LogP contribution in [0.5, 0.6) is 5.75 Å². The number of anilines is 3. The zero-order chi connectivity index (χ0) is 29.2. The van der Waals surface area contributed by atoms with E-state index in [0.717, 1.165) is 5.39 Å². The number of aromatic nitrogens is 2. The second kappa shape index (κ2) is 9.26. The lowest BCUT2D eigenvalue weighted by molar-refractivity contribution is -0.120. The number of nitrogen functional groups attached to an aromatic ring is 1. The molecule has 5 aromatic rings. The molecule has 3 aromatic carbocycles. The molecule has 1 amide bonds. The fourth-order valence-electron chi connectivity index (χ4n) is 5.72. The minimum absolute atomic E-state index is 0.0439. The molecule has 0 saturated carbocycles. The minimum atomic E-state index is -1.77. The summed E-state index contributed by atoms with van der Waals surface area (Å²) in [6, 6.07) is 17.8. The molecule has 6 rings (SSSR count). The number of rotatable bonds is 5. The standard InChI is InChI=1S/C32H27FN4O4/c1-17(2)30(39)37-23-8-6-5-7-20(23)21-15-22(35-16-25(21)37)29(38)32(3)27-24(13-14-26(41-4)28(27)34)36(31(32)40)19-11-9-18(33)10-12-19/h5-17H,34H2,1-4H3/t32-/m0/s1. The second-order valence-corrected chi connectivity index (χ2v) is 10.6. The van der Waals surface area contributed by atoms with Crippen molar-refractivity contribution in [1.29, 1.82) is 0 Å². The minimum Gasteiger partial charge on any atom is -0.495 e. The van der Waals surface area contributed by atoms with Crippen LogP contribution in [0, 0.1) is 11.7 Å². The Morgan fingerprint density at radius 1 is 1.00 bits per heavy atom. The molecule has 2 aromatic heterocycles. The molecule has 0 saturated heterocycles. The zero-order valence-corrected chi connectivity index (χ0v) is 22.9. The van der Waals surface area contributed by atoms with E-state index in [9.17, 15) is 18.8 Å². The van der Waals surface area contributed by atoms with Crippen LogP contribution in [0.25, 0.3) is 21.8 Å². The first-order chi connectivity index (χ1) is 19.6. The van der Waals surface area contributed by atoms with Crippen LogP contribution in [0.4, 0.5) is 21.5 Å². The number of fused-ring (bicyclic) bond motifs is 4. The maximum absolute atomic E-state index is 14.4. The van der Waals surface area contributed by atoms with Crippen LogP contribution in [0.2, 0.25) is 0 Å². The topological polar surface area (TPSA) is 108 Å². The van der Waals surface area contributed by atoms with Gasteiger partial charge in [-0.3, -0.25) is 28.8 Å². The normalized spacial score (nSPS) is 16.5. The number of nitrogens with two attached hydrogens (primary N) is 1. The highest BCUT2D eigenvalue weighted by Crippen LogP contribution is 2.52. The van der Waals surface area contributed by atoms with Crippen molar-refractivity contribution in [3.8, 4) is 5.75 Å². The summed E-state index contributed by atoms with van der Waals surface area (Å²) in [6.07, 6.45) is 1.50. The fraction of sp³-hybridized carbons (Fsp3) is 0.188. The van der Waals surface area contributed by atoms with Gasteiger partial charge in [0.05, 0.1) is 35.7 Å². The van der Waals surface area contributed by atoms with Gasteiger partial charge in [0.2, 0.25) is 17.6 Å². The second-order valence-electron chi connectivity index (χ2n) is 10.6. The molecule has 1 aliphatic heterocycles. The lowest BCUT2D eigenvalue weighted by Gasteiger charge is -2.24. The van der Waals surface area contributed by atoms with Crippen LogP contribution in [-0.2, 0) is 10.2 Å². The summed E-state index contributed by atoms with van der Waals surface area (Å²) in [5.41, 5.74) is 7.29. The molecule has 0 bridgehead atoms. The molecule has 0 radical (unpaired) electrons. The number of carbonyl (C=O) groups is 3. The lowest BCUT2D eigenvalue weighted by atomic mass is 9.77. The molecule has 1 aliphatic rings. The molecule has 9 heteroatoms. The third-order valence-corrected chi connectivity index (χ3v) is 7.82. The van der Waals surface area contributed by atoms with Gasteiger partial charge in [-0.2, -0.15) is 0 Å². The number of carbonyl (C=O) groups excluding carboxylic acids is 3. The van der Waals surface area contributed by atoms with E-state index in [1.807, 2.05) is 38.1 Å². The number of halogens is 1. The Morgan fingerprint density at radius 3 is 2.39 bits per heavy atom. The number of methoxy groups -OCH3 is 1. The van der Waals surface area contributed by atoms with Crippen LogP contribution in [-0.4, -0.2) is 34.3 Å². The van der Waals surface area contributed by atoms with Gasteiger partial charge in [-0.05, 0) is 55.5 Å². The molecular formula is C32H27FN4O4. The number of amides is 1. The summed E-state index contributed by atoms with van der Waals surface area (Å²) in [5, 5.41) is 1.45. The Kier molecular flexibility index (Phi) is 5.92. The quantitative estimate of drug-likeness (QED) is 0.163. The molecule has 0 unspecified atom stereocenters. The maximum Gasteiger partial charge on any atom is 0.250 e. The first-order valence-corrected chi connectivity index (χ1v) is 13.1. The van der Waals surface area contributed by atoms with E-state index in [-0.39, 0.29) is 28.8 Å². The van der Waals surface area contributed by atoms with Crippen LogP contribution >= 0.6 is 0 Å². The van der Waals surface area contributed by atoms with Crippen molar-refractivity contribution in [2.45, 2.75) is 26.2 Å². The van der Waals surface area contributed by atoms with E-state index in [1.54, 1.807) is 22.8 Å². The Balaban J connectivity index is 1.56. The van der Waals surface area contributed by atoms with Gasteiger partial charge in [0, 0.05) is 27.9 Å². The number of para-hydroxylation sites is 1. The molecule has 2 N–H and O–H groups in total. The first kappa shape index (κ1) is 26.2. The average molecular weight is 551 g/mol. The number of ether oxygens (including phenoxy) is 1. The van der Waals surface area contributed by atoms with Crippen LogP contribution < -0.4 is 15.4 Å². The van der Waals surface area contributed by atoms with E-state index < -0.39 is 22.9 Å². The van der Waals surface area contributed by atoms with Crippen LogP contribution in [0.15, 0.2) is 72.9 Å². The number of hydrogen-bond acceptors (Lipinski definition) is 6. The Morgan fingerprint density at radius 2 is 1.71 bits per heavy atom. The third kappa shape index (κ3) is 3.65. The summed E-state index contributed by atoms with van der Waals surface area (Å²) >= 11 is 0. The van der Waals surface area contributed by atoms with E-state index >= 15 is 0 Å². The monoisotopic (exact) mass is 550 g/mol. The molecular weight excluding hydrogens is 523 g/mol. The summed E-state index contributed by atoms with van der Waals surface area (Å²) in [7, 11) is 1.45. The van der Waals surface area contributed by atoms with Crippen molar-refractivity contribution in [2.24, 2.45) is 5.92 Å². The molecule has 1 atom stereocenters. The van der Waals surface area contributed by atoms with Gasteiger partial charge in [-0.1, -0.05) is 32.0 Å². The number of hydrogen-bond donors (Lipinski definition) is 1. The predicted molar refractivity (Wildman–Crippen MR) is 155 cm³/mol. The first-order valence-electron chi connectivity index (χ1n) is 13.1. The number of ketones is 1. The summed E-state index contributed by atoms with van der Waals surface area (Å²) in [4.78, 5) is 47.6. The molecule has 0 fully saturated rings. The number of benzene rings is 3. The van der Waals surface area contributed by atoms with Crippen molar-refractivity contribution >= 4 is 56.5 Å². The molecule has 0 aliphatic carbocycles. The molecule has 8 nitrogen and oxygen atoms in total. The van der Waals surface area contributed by atoms with Gasteiger partial charge in [-0.25, -0.2) is 4.39 Å². The van der Waals surface area contributed by atoms with Gasteiger partial charge < -0.3 is 10.5 Å². The molecule has 3 heterocycles. The number of Topliss-reactive ketones (excluding diaryl/α,β-unsaturated/α-hetero) is 1. The predicted octanol–water partition coefficient (Wildman–Crippen LogP) is 6.03. The highest BCUT2D eigenvalue weighted by Gasteiger charge is 2.55. The molecule has 0 spiro atoms. The fourth-order valence-corrected chi connectivity index (χ4v) is 5.72. The third-order valence-electron chi connectivity index (χ3n) is 7.82. The van der Waals surface area contributed by atoms with E-state index in [2.05, 4.69) is 4.98 Å². The van der Waals surface area contributed by atoms with Gasteiger partial charge in [0.25, 0.3) is 0 Å². The molecule has 206 valence electrons. The maximum atomic E-state index is 14.4. The SMILES string of the molecule is COc1ccc2c(c1N)[C@@](C)(C(=O)c1cc3c4ccccc4n(C(=O)C(C)C)c3cn1)C(=O)N2c1ccc(F)cc1. The van der Waals surface area contributed by atoms with Crippen LogP contribution in [0.1, 0.15) is 41.6 Å². The van der Waals surface area contributed by atoms with Gasteiger partial charge in [0.15, 0.2) is 0 Å². The van der Waals surface area contributed by atoms with Gasteiger partial charge in [0.1, 0.15) is 22.7 Å². The average Bonchev–Trinajstić information content (AvgIpc) is 3.42. The van der Waals surface area contributed by atoms with E-state index in [4.69, 9.17) is 10.5 Å². The largest absolute Gasteiger partial charge is 0.495 e. The Hall–Kier alpha value is -5.05. The van der Waals surface area contributed by atoms with Crippen molar-refractivity contribution in [3.05, 3.63) is 90.0 Å². The molecule has 41 heavy (non-hydrogen) atoms. The smallest absolute Gasteiger partial charge is 0.250 e. The highest BCUT2D eigenvalue weighted by atomic mass is 19.1. The zero-order valence-electron chi connectivity index (χ0n) is 22.9. The van der Waals surface area contributed by atoms with Crippen molar-refractivity contribution < 1.29 is 23.5 Å². The van der Waals surface area contributed by atoms with Crippen LogP contribution in [0.3, 0.4) is 0 Å². The highest BCUT2D eigenvalue weighted by molar-refractivity contribution is 6.29. The van der Waals surface area contributed by atoms with Crippen molar-refractivity contribution in [3.63, 3.8) is 0 Å². The summed E-state index contributed by atoms with van der Waals surface area (Å²) in [6.45, 7) is 5.17. The van der Waals surface area contributed by atoms with E-state index in [1.165, 1.54) is 49.4 Å². The number of pyridine rings is 1. The van der Waals surface area contributed by atoms with Crippen molar-refractivity contribution in [2.75, 3.05) is 17.7 Å². The Labute approximate surface area is 235 Å².